The molecule has 1 heterocycles. The summed E-state index contributed by atoms with van der Waals surface area (Å²) in [6.07, 6.45) is 1.35. The number of benzene rings is 1. The van der Waals surface area contributed by atoms with Gasteiger partial charge in [-0.15, -0.1) is 0 Å². The van der Waals surface area contributed by atoms with Crippen LogP contribution in [0.2, 0.25) is 0 Å². The lowest BCUT2D eigenvalue weighted by molar-refractivity contribution is 0.0685. The number of ether oxygens (including phenoxy) is 1. The molecule has 5 nitrogen and oxygen atoms in total. The molecule has 1 aliphatic rings. The Bertz CT molecular complexity index is 516. The molecule has 1 atom stereocenters. The highest BCUT2D eigenvalue weighted by Crippen LogP contribution is 2.16. The number of alkyl carbamates (subject to hydrolysis) is 1. The fourth-order valence-electron chi connectivity index (χ4n) is 2.60. The van der Waals surface area contributed by atoms with Gasteiger partial charge in [0.25, 0.3) is 5.91 Å². The van der Waals surface area contributed by atoms with E-state index in [9.17, 15) is 9.59 Å². The van der Waals surface area contributed by atoms with Crippen molar-refractivity contribution in [3.05, 3.63) is 35.4 Å². The standard InChI is InChI=1S/C16H22N2O3/c1-3-21-16(20)17-13-8-6-10-18(11-13)15(19)14-9-5-4-7-12(14)2/h4-5,7,9,13H,3,6,8,10-11H2,1-2H3,(H,17,20)/t13-/m1/s1. The first-order chi connectivity index (χ1) is 10.1. The maximum Gasteiger partial charge on any atom is 0.407 e. The summed E-state index contributed by atoms with van der Waals surface area (Å²) in [4.78, 5) is 25.8. The van der Waals surface area contributed by atoms with Gasteiger partial charge in [0, 0.05) is 24.7 Å². The van der Waals surface area contributed by atoms with Gasteiger partial charge in [-0.3, -0.25) is 4.79 Å². The molecule has 0 radical (unpaired) electrons. The van der Waals surface area contributed by atoms with E-state index in [1.54, 1.807) is 6.92 Å². The Labute approximate surface area is 125 Å². The van der Waals surface area contributed by atoms with Gasteiger partial charge in [-0.25, -0.2) is 4.79 Å². The lowest BCUT2D eigenvalue weighted by atomic mass is 10.0. The maximum absolute atomic E-state index is 12.6. The Morgan fingerprint density at radius 1 is 1.38 bits per heavy atom. The largest absolute Gasteiger partial charge is 0.450 e. The minimum absolute atomic E-state index is 0.0310. The molecule has 0 bridgehead atoms. The Morgan fingerprint density at radius 2 is 2.14 bits per heavy atom. The van der Waals surface area contributed by atoms with Gasteiger partial charge >= 0.3 is 6.09 Å². The molecule has 0 spiro atoms. The lowest BCUT2D eigenvalue weighted by Gasteiger charge is -2.33. The average molecular weight is 290 g/mol. The van der Waals surface area contributed by atoms with Crippen LogP contribution < -0.4 is 5.32 Å². The summed E-state index contributed by atoms with van der Waals surface area (Å²) in [6.45, 7) is 5.32. The Morgan fingerprint density at radius 3 is 2.86 bits per heavy atom. The number of carbonyl (C=O) groups excluding carboxylic acids is 2. The van der Waals surface area contributed by atoms with Crippen LogP contribution in [0, 0.1) is 6.92 Å². The zero-order valence-corrected chi connectivity index (χ0v) is 12.6. The fourth-order valence-corrected chi connectivity index (χ4v) is 2.60. The van der Waals surface area contributed by atoms with Gasteiger partial charge in [0.1, 0.15) is 0 Å². The quantitative estimate of drug-likeness (QED) is 0.929. The third kappa shape index (κ3) is 3.97. The molecule has 2 rings (SSSR count). The van der Waals surface area contributed by atoms with Crippen LogP contribution in [-0.2, 0) is 4.74 Å². The van der Waals surface area contributed by atoms with Gasteiger partial charge < -0.3 is 15.0 Å². The smallest absolute Gasteiger partial charge is 0.407 e. The summed E-state index contributed by atoms with van der Waals surface area (Å²) in [5.74, 6) is 0.0310. The van der Waals surface area contributed by atoms with Crippen LogP contribution in [0.15, 0.2) is 24.3 Å². The van der Waals surface area contributed by atoms with E-state index in [2.05, 4.69) is 5.32 Å². The topological polar surface area (TPSA) is 58.6 Å². The minimum atomic E-state index is -0.410. The second-order valence-corrected chi connectivity index (χ2v) is 5.27. The Balaban J connectivity index is 1.99. The fraction of sp³-hybridized carbons (Fsp3) is 0.500. The van der Waals surface area contributed by atoms with Crippen molar-refractivity contribution in [3.63, 3.8) is 0 Å². The molecule has 0 unspecified atom stereocenters. The molecule has 1 aromatic rings. The number of nitrogens with one attached hydrogen (secondary N) is 1. The predicted molar refractivity (Wildman–Crippen MR) is 80.3 cm³/mol. The number of carbonyl (C=O) groups is 2. The van der Waals surface area contributed by atoms with Crippen LogP contribution in [0.4, 0.5) is 4.79 Å². The van der Waals surface area contributed by atoms with Gasteiger partial charge in [0.05, 0.1) is 6.61 Å². The zero-order valence-electron chi connectivity index (χ0n) is 12.6. The molecule has 1 fully saturated rings. The molecule has 0 aliphatic carbocycles. The van der Waals surface area contributed by atoms with Gasteiger partial charge in [0.15, 0.2) is 0 Å². The van der Waals surface area contributed by atoms with Gasteiger partial charge in [-0.1, -0.05) is 18.2 Å². The summed E-state index contributed by atoms with van der Waals surface area (Å²) in [5.41, 5.74) is 1.71. The highest BCUT2D eigenvalue weighted by atomic mass is 16.5. The molecule has 0 saturated carbocycles. The van der Waals surface area contributed by atoms with E-state index >= 15 is 0 Å². The number of hydrogen-bond donors (Lipinski definition) is 1. The second kappa shape index (κ2) is 7.11. The first-order valence-corrected chi connectivity index (χ1v) is 7.40. The molecule has 0 aromatic heterocycles. The van der Waals surface area contributed by atoms with Crippen LogP contribution in [0.25, 0.3) is 0 Å². The number of amides is 2. The summed E-state index contributed by atoms with van der Waals surface area (Å²) in [5, 5.41) is 2.82. The predicted octanol–water partition coefficient (Wildman–Crippen LogP) is 2.35. The van der Waals surface area contributed by atoms with E-state index in [0.29, 0.717) is 13.2 Å². The molecule has 1 saturated heterocycles. The number of piperidine rings is 1. The highest BCUT2D eigenvalue weighted by Gasteiger charge is 2.26. The van der Waals surface area contributed by atoms with Crippen LogP contribution in [0.3, 0.4) is 0 Å². The first kappa shape index (κ1) is 15.4. The molecule has 114 valence electrons. The van der Waals surface area contributed by atoms with E-state index in [0.717, 1.165) is 30.5 Å². The molecule has 1 aromatic carbocycles. The Kier molecular flexibility index (Phi) is 5.20. The molecule has 5 heteroatoms. The first-order valence-electron chi connectivity index (χ1n) is 7.40. The van der Waals surface area contributed by atoms with Crippen molar-refractivity contribution in [3.8, 4) is 0 Å². The summed E-state index contributed by atoms with van der Waals surface area (Å²) in [7, 11) is 0. The van der Waals surface area contributed by atoms with E-state index < -0.39 is 6.09 Å². The van der Waals surface area contributed by atoms with Gasteiger partial charge in [-0.2, -0.15) is 0 Å². The van der Waals surface area contributed by atoms with E-state index in [1.165, 1.54) is 0 Å². The number of nitrogens with zero attached hydrogens (tertiary/aromatic N) is 1. The summed E-state index contributed by atoms with van der Waals surface area (Å²) in [6, 6.07) is 7.54. The lowest BCUT2D eigenvalue weighted by Crippen LogP contribution is -2.49. The van der Waals surface area contributed by atoms with Crippen molar-refractivity contribution in [1.82, 2.24) is 10.2 Å². The molecule has 1 aliphatic heterocycles. The third-order valence-corrected chi connectivity index (χ3v) is 3.68. The molecule has 2 amide bonds. The van der Waals surface area contributed by atoms with Crippen molar-refractivity contribution < 1.29 is 14.3 Å². The van der Waals surface area contributed by atoms with E-state index in [4.69, 9.17) is 4.74 Å². The average Bonchev–Trinajstić information content (AvgIpc) is 2.47. The van der Waals surface area contributed by atoms with E-state index in [1.807, 2.05) is 36.1 Å². The van der Waals surface area contributed by atoms with Gasteiger partial charge in [-0.05, 0) is 38.3 Å². The second-order valence-electron chi connectivity index (χ2n) is 5.27. The molecule has 1 N–H and O–H groups in total. The number of rotatable bonds is 3. The van der Waals surface area contributed by atoms with Crippen molar-refractivity contribution in [2.24, 2.45) is 0 Å². The molecular formula is C16H22N2O3. The van der Waals surface area contributed by atoms with E-state index in [-0.39, 0.29) is 11.9 Å². The van der Waals surface area contributed by atoms with Crippen molar-refractivity contribution in [1.29, 1.82) is 0 Å². The van der Waals surface area contributed by atoms with Crippen molar-refractivity contribution in [2.75, 3.05) is 19.7 Å². The van der Waals surface area contributed by atoms with Crippen LogP contribution in [0.1, 0.15) is 35.7 Å². The SMILES string of the molecule is CCOC(=O)N[C@@H]1CCCN(C(=O)c2ccccc2C)C1. The summed E-state index contributed by atoms with van der Waals surface area (Å²) < 4.78 is 4.89. The van der Waals surface area contributed by atoms with Crippen LogP contribution in [-0.4, -0.2) is 42.6 Å². The zero-order chi connectivity index (χ0) is 15.2. The number of aryl methyl sites for hydroxylation is 1. The number of likely N-dealkylation sites (tertiary alicyclic amines) is 1. The van der Waals surface area contributed by atoms with Crippen molar-refractivity contribution in [2.45, 2.75) is 32.7 Å². The van der Waals surface area contributed by atoms with Crippen LogP contribution >= 0.6 is 0 Å². The van der Waals surface area contributed by atoms with Crippen LogP contribution in [0.5, 0.6) is 0 Å². The summed E-state index contributed by atoms with van der Waals surface area (Å²) >= 11 is 0. The Hall–Kier alpha value is -2.04. The monoisotopic (exact) mass is 290 g/mol. The maximum atomic E-state index is 12.6. The number of hydrogen-bond acceptors (Lipinski definition) is 3. The normalized spacial score (nSPS) is 18.2. The third-order valence-electron chi connectivity index (χ3n) is 3.68. The molecular weight excluding hydrogens is 268 g/mol. The minimum Gasteiger partial charge on any atom is -0.450 e. The molecule has 21 heavy (non-hydrogen) atoms. The van der Waals surface area contributed by atoms with Crippen molar-refractivity contribution >= 4 is 12.0 Å². The highest BCUT2D eigenvalue weighted by molar-refractivity contribution is 5.95. The van der Waals surface area contributed by atoms with Gasteiger partial charge in [0.2, 0.25) is 0 Å².